The van der Waals surface area contributed by atoms with Crippen LogP contribution in [-0.4, -0.2) is 17.1 Å². The minimum atomic E-state index is -4.71. The van der Waals surface area contributed by atoms with Gasteiger partial charge in [-0.05, 0) is 24.3 Å². The lowest BCUT2D eigenvalue weighted by Crippen LogP contribution is -2.12. The Hall–Kier alpha value is -2.99. The number of benzene rings is 1. The van der Waals surface area contributed by atoms with Crippen LogP contribution in [0.3, 0.4) is 0 Å². The summed E-state index contributed by atoms with van der Waals surface area (Å²) in [4.78, 5) is 4.00. The highest BCUT2D eigenvalue weighted by Gasteiger charge is 2.34. The summed E-state index contributed by atoms with van der Waals surface area (Å²) in [5.41, 5.74) is 1.94. The Bertz CT molecular complexity index is 783. The minimum absolute atomic E-state index is 0.0732. The van der Waals surface area contributed by atoms with Crippen molar-refractivity contribution >= 4 is 11.4 Å². The molecule has 2 aromatic rings. The van der Waals surface area contributed by atoms with Crippen LogP contribution in [0.2, 0.25) is 0 Å². The van der Waals surface area contributed by atoms with Crippen LogP contribution < -0.4 is 16.6 Å². The SMILES string of the molecule is CNc1cc(-c2ccc(O)c(C(F)(F)F)c2)nc(C#N)c1NN. The molecule has 0 aliphatic rings. The Kier molecular flexibility index (Phi) is 4.29. The molecule has 0 bridgehead atoms. The van der Waals surface area contributed by atoms with Crippen molar-refractivity contribution in [1.82, 2.24) is 4.98 Å². The van der Waals surface area contributed by atoms with E-state index in [1.54, 1.807) is 7.05 Å². The van der Waals surface area contributed by atoms with Crippen LogP contribution in [-0.2, 0) is 6.18 Å². The zero-order valence-corrected chi connectivity index (χ0v) is 11.9. The van der Waals surface area contributed by atoms with Gasteiger partial charge in [-0.3, -0.25) is 5.84 Å². The number of nitrogen functional groups attached to an aromatic ring is 1. The molecule has 0 unspecified atom stereocenters. The number of phenols is 1. The van der Waals surface area contributed by atoms with Crippen molar-refractivity contribution in [1.29, 1.82) is 5.26 Å². The molecule has 1 aromatic heterocycles. The molecule has 9 heteroatoms. The maximum absolute atomic E-state index is 12.9. The molecule has 1 aromatic carbocycles. The number of aromatic nitrogens is 1. The number of nitriles is 1. The van der Waals surface area contributed by atoms with Gasteiger partial charge in [0.25, 0.3) is 0 Å². The van der Waals surface area contributed by atoms with Crippen LogP contribution in [0.1, 0.15) is 11.3 Å². The first-order valence-electron chi connectivity index (χ1n) is 6.32. The Morgan fingerprint density at radius 3 is 2.52 bits per heavy atom. The van der Waals surface area contributed by atoms with E-state index in [2.05, 4.69) is 15.7 Å². The van der Waals surface area contributed by atoms with Crippen molar-refractivity contribution in [3.8, 4) is 23.1 Å². The number of aromatic hydroxyl groups is 1. The predicted octanol–water partition coefficient (Wildman–Crippen LogP) is 2.67. The zero-order valence-electron chi connectivity index (χ0n) is 11.9. The summed E-state index contributed by atoms with van der Waals surface area (Å²) < 4.78 is 38.6. The summed E-state index contributed by atoms with van der Waals surface area (Å²) in [6.07, 6.45) is -4.71. The van der Waals surface area contributed by atoms with Gasteiger partial charge in [0.05, 0.1) is 16.9 Å². The molecule has 0 atom stereocenters. The summed E-state index contributed by atoms with van der Waals surface area (Å²) in [6, 6.07) is 6.25. The lowest BCUT2D eigenvalue weighted by Gasteiger charge is -2.14. The van der Waals surface area contributed by atoms with Gasteiger partial charge in [0.1, 0.15) is 17.5 Å². The van der Waals surface area contributed by atoms with E-state index in [0.717, 1.165) is 12.1 Å². The van der Waals surface area contributed by atoms with Gasteiger partial charge in [-0.2, -0.15) is 18.4 Å². The molecule has 5 N–H and O–H groups in total. The molecule has 0 fully saturated rings. The molecule has 2 rings (SSSR count). The average Bonchev–Trinajstić information content (AvgIpc) is 2.52. The molecule has 0 amide bonds. The predicted molar refractivity (Wildman–Crippen MR) is 78.4 cm³/mol. The molecule has 0 aliphatic carbocycles. The number of rotatable bonds is 3. The Labute approximate surface area is 129 Å². The molecule has 0 saturated heterocycles. The van der Waals surface area contributed by atoms with Crippen molar-refractivity contribution in [2.75, 3.05) is 17.8 Å². The first kappa shape index (κ1) is 16.4. The molecule has 0 aliphatic heterocycles. The molecule has 6 nitrogen and oxygen atoms in total. The number of nitrogens with two attached hydrogens (primary N) is 1. The maximum atomic E-state index is 12.9. The number of phenolic OH excluding ortho intramolecular Hbond substituents is 1. The number of alkyl halides is 3. The van der Waals surface area contributed by atoms with E-state index in [0.29, 0.717) is 5.69 Å². The standard InChI is InChI=1S/C14H12F3N5O/c1-20-10-5-9(21-11(6-18)13(10)22-19)7-2-3-12(23)8(4-7)14(15,16)17/h2-5,22-23H,19H2,1H3,(H,20,21). The number of hydrogen-bond donors (Lipinski definition) is 4. The third-order valence-corrected chi connectivity index (χ3v) is 3.14. The molecule has 0 radical (unpaired) electrons. The molecule has 0 spiro atoms. The third-order valence-electron chi connectivity index (χ3n) is 3.14. The summed E-state index contributed by atoms with van der Waals surface area (Å²) in [5, 5.41) is 21.3. The van der Waals surface area contributed by atoms with Gasteiger partial charge in [-0.1, -0.05) is 0 Å². The van der Waals surface area contributed by atoms with Crippen LogP contribution in [0.25, 0.3) is 11.3 Å². The molecule has 0 saturated carbocycles. The molecule has 23 heavy (non-hydrogen) atoms. The number of hydrogen-bond acceptors (Lipinski definition) is 6. The highest BCUT2D eigenvalue weighted by molar-refractivity contribution is 5.78. The van der Waals surface area contributed by atoms with E-state index in [1.807, 2.05) is 6.07 Å². The van der Waals surface area contributed by atoms with E-state index >= 15 is 0 Å². The van der Waals surface area contributed by atoms with Gasteiger partial charge in [0.15, 0.2) is 5.69 Å². The molecule has 120 valence electrons. The van der Waals surface area contributed by atoms with Crippen LogP contribution in [0, 0.1) is 11.3 Å². The summed E-state index contributed by atoms with van der Waals surface area (Å²) in [5.74, 6) is 4.45. The van der Waals surface area contributed by atoms with Gasteiger partial charge in [0, 0.05) is 12.6 Å². The highest BCUT2D eigenvalue weighted by Crippen LogP contribution is 2.38. The maximum Gasteiger partial charge on any atom is 0.419 e. The first-order chi connectivity index (χ1) is 10.8. The third kappa shape index (κ3) is 3.12. The zero-order chi connectivity index (χ0) is 17.2. The van der Waals surface area contributed by atoms with Crippen LogP contribution in [0.4, 0.5) is 24.5 Å². The fourth-order valence-corrected chi connectivity index (χ4v) is 2.04. The minimum Gasteiger partial charge on any atom is -0.507 e. The summed E-state index contributed by atoms with van der Waals surface area (Å²) in [6.45, 7) is 0. The van der Waals surface area contributed by atoms with Crippen molar-refractivity contribution < 1.29 is 18.3 Å². The number of pyridine rings is 1. The molecular formula is C14H12F3N5O. The Morgan fingerprint density at radius 2 is 2.00 bits per heavy atom. The molecule has 1 heterocycles. The van der Waals surface area contributed by atoms with Gasteiger partial charge >= 0.3 is 6.18 Å². The molecular weight excluding hydrogens is 311 g/mol. The van der Waals surface area contributed by atoms with Crippen LogP contribution in [0.5, 0.6) is 5.75 Å². The van der Waals surface area contributed by atoms with Gasteiger partial charge < -0.3 is 15.8 Å². The monoisotopic (exact) mass is 323 g/mol. The second kappa shape index (κ2) is 6.02. The Morgan fingerprint density at radius 1 is 1.30 bits per heavy atom. The normalized spacial score (nSPS) is 11.0. The van der Waals surface area contributed by atoms with E-state index in [9.17, 15) is 18.3 Å². The van der Waals surface area contributed by atoms with E-state index in [-0.39, 0.29) is 22.6 Å². The number of nitrogens with zero attached hydrogens (tertiary/aromatic N) is 2. The van der Waals surface area contributed by atoms with Crippen molar-refractivity contribution in [3.63, 3.8) is 0 Å². The van der Waals surface area contributed by atoms with E-state index in [4.69, 9.17) is 11.1 Å². The van der Waals surface area contributed by atoms with Crippen molar-refractivity contribution in [2.45, 2.75) is 6.18 Å². The Balaban J connectivity index is 2.66. The van der Waals surface area contributed by atoms with Gasteiger partial charge in [0.2, 0.25) is 0 Å². The van der Waals surface area contributed by atoms with Gasteiger partial charge in [-0.15, -0.1) is 0 Å². The highest BCUT2D eigenvalue weighted by atomic mass is 19.4. The fraction of sp³-hybridized carbons (Fsp3) is 0.143. The summed E-state index contributed by atoms with van der Waals surface area (Å²) in [7, 11) is 1.57. The lowest BCUT2D eigenvalue weighted by atomic mass is 10.0. The number of halogens is 3. The number of nitrogens with one attached hydrogen (secondary N) is 2. The van der Waals surface area contributed by atoms with Crippen LogP contribution >= 0.6 is 0 Å². The second-order valence-electron chi connectivity index (χ2n) is 4.51. The van der Waals surface area contributed by atoms with Crippen LogP contribution in [0.15, 0.2) is 24.3 Å². The van der Waals surface area contributed by atoms with Crippen molar-refractivity contribution in [3.05, 3.63) is 35.5 Å². The lowest BCUT2D eigenvalue weighted by molar-refractivity contribution is -0.138. The largest absolute Gasteiger partial charge is 0.507 e. The van der Waals surface area contributed by atoms with Crippen molar-refractivity contribution in [2.24, 2.45) is 5.84 Å². The fourth-order valence-electron chi connectivity index (χ4n) is 2.04. The second-order valence-corrected chi connectivity index (χ2v) is 4.51. The topological polar surface area (TPSA) is 107 Å². The van der Waals surface area contributed by atoms with E-state index < -0.39 is 17.5 Å². The summed E-state index contributed by atoms with van der Waals surface area (Å²) >= 11 is 0. The number of anilines is 2. The quantitative estimate of drug-likeness (QED) is 0.511. The van der Waals surface area contributed by atoms with Gasteiger partial charge in [-0.25, -0.2) is 4.98 Å². The van der Waals surface area contributed by atoms with E-state index in [1.165, 1.54) is 12.1 Å². The smallest absolute Gasteiger partial charge is 0.419 e. The average molecular weight is 323 g/mol. The number of hydrazine groups is 1. The first-order valence-corrected chi connectivity index (χ1v) is 6.32.